The number of carbonyl (C=O) groups is 4. The number of imide groups is 1. The fourth-order valence-electron chi connectivity index (χ4n) is 6.95. The molecule has 7 atom stereocenters. The summed E-state index contributed by atoms with van der Waals surface area (Å²) >= 11 is 7.44. The summed E-state index contributed by atoms with van der Waals surface area (Å²) in [4.78, 5) is 55.8. The number of rotatable bonds is 4. The van der Waals surface area contributed by atoms with Gasteiger partial charge < -0.3 is 9.64 Å². The van der Waals surface area contributed by atoms with Gasteiger partial charge in [-0.05, 0) is 86.1 Å². The van der Waals surface area contributed by atoms with Crippen LogP contribution in [0.15, 0.2) is 36.4 Å². The zero-order chi connectivity index (χ0) is 27.0. The number of ether oxygens (including phenoxy) is 1. The Morgan fingerprint density at radius 2 is 1.50 bits per heavy atom. The van der Waals surface area contributed by atoms with Crippen molar-refractivity contribution in [1.29, 1.82) is 0 Å². The average molecular weight is 644 g/mol. The van der Waals surface area contributed by atoms with E-state index in [4.69, 9.17) is 4.74 Å². The fourth-order valence-corrected chi connectivity index (χ4v) is 8.82. The van der Waals surface area contributed by atoms with Crippen LogP contribution in [0.5, 0.6) is 5.75 Å². The number of nitrogens with zero attached hydrogens (tertiary/aromatic N) is 2. The van der Waals surface area contributed by atoms with Crippen molar-refractivity contribution in [3.63, 3.8) is 0 Å². The first-order valence-electron chi connectivity index (χ1n) is 12.9. The quantitative estimate of drug-likeness (QED) is 0.206. The number of benzene rings is 2. The Labute approximate surface area is 238 Å². The minimum atomic E-state index is -0.575. The van der Waals surface area contributed by atoms with Gasteiger partial charge in [0.15, 0.2) is 0 Å². The minimum Gasteiger partial charge on any atom is -0.426 e. The lowest BCUT2D eigenvalue weighted by atomic mass is 9.81. The van der Waals surface area contributed by atoms with E-state index in [-0.39, 0.29) is 64.0 Å². The summed E-state index contributed by atoms with van der Waals surface area (Å²) in [5, 5.41) is 0. The highest BCUT2D eigenvalue weighted by molar-refractivity contribution is 9.12. The Morgan fingerprint density at radius 3 is 2.08 bits per heavy atom. The lowest BCUT2D eigenvalue weighted by molar-refractivity contribution is -0.139. The van der Waals surface area contributed by atoms with E-state index < -0.39 is 11.9 Å². The number of aryl methyl sites for hydroxylation is 3. The molecule has 7 nitrogen and oxygen atoms in total. The number of fused-ring (bicyclic) bond motifs is 5. The summed E-state index contributed by atoms with van der Waals surface area (Å²) < 4.78 is 5.66. The Balaban J connectivity index is 1.16. The number of carbonyl (C=O) groups excluding carboxylic acids is 4. The summed E-state index contributed by atoms with van der Waals surface area (Å²) in [5.41, 5.74) is 4.11. The molecule has 198 valence electrons. The van der Waals surface area contributed by atoms with Crippen LogP contribution in [-0.2, 0) is 19.2 Å². The molecule has 2 aromatic rings. The summed E-state index contributed by atoms with van der Waals surface area (Å²) in [6.45, 7) is 6.02. The average Bonchev–Trinajstić information content (AvgIpc) is 3.57. The molecule has 2 saturated heterocycles. The molecule has 0 aromatic heterocycles. The maximum atomic E-state index is 13.4. The Hall–Kier alpha value is -2.52. The van der Waals surface area contributed by atoms with E-state index in [0.717, 1.165) is 23.2 Å². The van der Waals surface area contributed by atoms with Crippen molar-refractivity contribution < 1.29 is 23.9 Å². The predicted molar refractivity (Wildman–Crippen MR) is 150 cm³/mol. The van der Waals surface area contributed by atoms with Crippen LogP contribution in [0.25, 0.3) is 0 Å². The van der Waals surface area contributed by atoms with Gasteiger partial charge in [-0.25, -0.2) is 4.90 Å². The van der Waals surface area contributed by atoms with Gasteiger partial charge in [0.2, 0.25) is 17.7 Å². The fraction of sp³-hybridized carbons (Fsp3) is 0.448. The highest BCUT2D eigenvalue weighted by Gasteiger charge is 2.66. The van der Waals surface area contributed by atoms with E-state index in [9.17, 15) is 19.2 Å². The van der Waals surface area contributed by atoms with E-state index in [2.05, 4.69) is 31.9 Å². The molecule has 6 rings (SSSR count). The molecule has 2 saturated carbocycles. The maximum Gasteiger partial charge on any atom is 0.316 e. The zero-order valence-corrected chi connectivity index (χ0v) is 24.5. The molecule has 2 aliphatic heterocycles. The van der Waals surface area contributed by atoms with E-state index in [1.54, 1.807) is 30.0 Å². The molecule has 4 fully saturated rings. The molecule has 2 bridgehead atoms. The van der Waals surface area contributed by atoms with Gasteiger partial charge in [-0.15, -0.1) is 0 Å². The molecule has 0 N–H and O–H groups in total. The van der Waals surface area contributed by atoms with Crippen molar-refractivity contribution in [2.75, 3.05) is 16.3 Å². The standard InChI is InChI=1S/C29H28Br2N2O5/c1-13-6-14(2)8-17(7-13)32-12-16(10-22(32)34)29(37)38-18-4-5-21(15(3)9-18)33-27(35)23-19-11-20(24(23)28(33)36)26(31)25(19)30/h4-9,16,19-20,23-26H,10-12H2,1-3H3/t16-,19-,20-,23-,24-,25+,26+/m1/s1. The van der Waals surface area contributed by atoms with Crippen LogP contribution in [0.2, 0.25) is 0 Å². The number of hydrogen-bond donors (Lipinski definition) is 0. The van der Waals surface area contributed by atoms with Crippen molar-refractivity contribution in [3.05, 3.63) is 53.1 Å². The molecule has 0 spiro atoms. The lowest BCUT2D eigenvalue weighted by Gasteiger charge is -2.28. The number of amides is 3. The third-order valence-corrected chi connectivity index (χ3v) is 11.8. The summed E-state index contributed by atoms with van der Waals surface area (Å²) in [6.07, 6.45) is 0.971. The zero-order valence-electron chi connectivity index (χ0n) is 21.3. The molecule has 2 aliphatic carbocycles. The van der Waals surface area contributed by atoms with Crippen LogP contribution in [0.1, 0.15) is 29.5 Å². The van der Waals surface area contributed by atoms with Gasteiger partial charge in [0.25, 0.3) is 0 Å². The Morgan fingerprint density at radius 1 is 0.895 bits per heavy atom. The molecule has 2 heterocycles. The number of alkyl halides is 2. The molecule has 0 radical (unpaired) electrons. The monoisotopic (exact) mass is 642 g/mol. The molecule has 38 heavy (non-hydrogen) atoms. The lowest BCUT2D eigenvalue weighted by Crippen LogP contribution is -2.37. The molecule has 4 aliphatic rings. The number of halogens is 2. The molecule has 0 unspecified atom stereocenters. The van der Waals surface area contributed by atoms with Crippen LogP contribution < -0.4 is 14.5 Å². The topological polar surface area (TPSA) is 84.0 Å². The maximum absolute atomic E-state index is 13.4. The molecular weight excluding hydrogens is 616 g/mol. The summed E-state index contributed by atoms with van der Waals surface area (Å²) in [5.74, 6) is -1.38. The van der Waals surface area contributed by atoms with E-state index in [1.807, 2.05) is 32.0 Å². The van der Waals surface area contributed by atoms with Crippen LogP contribution >= 0.6 is 31.9 Å². The van der Waals surface area contributed by atoms with Gasteiger partial charge in [-0.2, -0.15) is 0 Å². The van der Waals surface area contributed by atoms with E-state index >= 15 is 0 Å². The first-order valence-corrected chi connectivity index (χ1v) is 14.7. The second kappa shape index (κ2) is 9.30. The van der Waals surface area contributed by atoms with Gasteiger partial charge in [0, 0.05) is 28.3 Å². The van der Waals surface area contributed by atoms with Gasteiger partial charge in [0.05, 0.1) is 23.4 Å². The summed E-state index contributed by atoms with van der Waals surface area (Å²) in [7, 11) is 0. The second-order valence-electron chi connectivity index (χ2n) is 11.1. The predicted octanol–water partition coefficient (Wildman–Crippen LogP) is 4.85. The summed E-state index contributed by atoms with van der Waals surface area (Å²) in [6, 6.07) is 10.9. The Bertz CT molecular complexity index is 1340. The second-order valence-corrected chi connectivity index (χ2v) is 13.3. The first kappa shape index (κ1) is 25.7. The molecular formula is C29H28Br2N2O5. The number of esters is 1. The van der Waals surface area contributed by atoms with Crippen LogP contribution in [-0.4, -0.2) is 39.9 Å². The van der Waals surface area contributed by atoms with Crippen molar-refractivity contribution in [2.45, 2.75) is 43.3 Å². The van der Waals surface area contributed by atoms with Gasteiger partial charge in [0.1, 0.15) is 5.75 Å². The third-order valence-electron chi connectivity index (χ3n) is 8.59. The van der Waals surface area contributed by atoms with E-state index in [1.165, 1.54) is 4.90 Å². The smallest absolute Gasteiger partial charge is 0.316 e. The molecule has 2 aromatic carbocycles. The van der Waals surface area contributed by atoms with Crippen molar-refractivity contribution in [1.82, 2.24) is 0 Å². The van der Waals surface area contributed by atoms with Crippen molar-refractivity contribution in [3.8, 4) is 5.75 Å². The Kier molecular flexibility index (Phi) is 6.30. The largest absolute Gasteiger partial charge is 0.426 e. The highest BCUT2D eigenvalue weighted by atomic mass is 79.9. The SMILES string of the molecule is Cc1cc(C)cc(N2C[C@H](C(=O)Oc3ccc(N4C(=O)[C@@H]5[C@H]6C[C@@H]([C@H](Br)[C@H]6Br)[C@H]5C4=O)c(C)c3)CC2=O)c1. The van der Waals surface area contributed by atoms with Crippen molar-refractivity contribution >= 4 is 66.9 Å². The first-order chi connectivity index (χ1) is 18.0. The molecule has 9 heteroatoms. The van der Waals surface area contributed by atoms with Gasteiger partial charge >= 0.3 is 5.97 Å². The van der Waals surface area contributed by atoms with Gasteiger partial charge in [-0.1, -0.05) is 37.9 Å². The van der Waals surface area contributed by atoms with Crippen LogP contribution in [0.4, 0.5) is 11.4 Å². The molecule has 3 amide bonds. The number of anilines is 2. The number of hydrogen-bond acceptors (Lipinski definition) is 5. The van der Waals surface area contributed by atoms with E-state index in [0.29, 0.717) is 17.0 Å². The van der Waals surface area contributed by atoms with Gasteiger partial charge in [-0.3, -0.25) is 19.2 Å². The highest BCUT2D eigenvalue weighted by Crippen LogP contribution is 2.60. The normalized spacial score (nSPS) is 31.9. The minimum absolute atomic E-state index is 0.0912. The van der Waals surface area contributed by atoms with Crippen LogP contribution in [0.3, 0.4) is 0 Å². The van der Waals surface area contributed by atoms with Crippen LogP contribution in [0, 0.1) is 50.4 Å². The van der Waals surface area contributed by atoms with Crippen molar-refractivity contribution in [2.24, 2.45) is 29.6 Å². The third kappa shape index (κ3) is 3.96.